The maximum Gasteiger partial charge on any atom is 0.246 e. The van der Waals surface area contributed by atoms with Crippen molar-refractivity contribution < 1.29 is 14.3 Å². The van der Waals surface area contributed by atoms with Crippen molar-refractivity contribution in [3.8, 4) is 5.75 Å². The van der Waals surface area contributed by atoms with Crippen LogP contribution in [0.5, 0.6) is 5.75 Å². The fourth-order valence-corrected chi connectivity index (χ4v) is 2.20. The van der Waals surface area contributed by atoms with Gasteiger partial charge in [0.1, 0.15) is 11.8 Å². The third-order valence-corrected chi connectivity index (χ3v) is 3.44. The van der Waals surface area contributed by atoms with Crippen molar-refractivity contribution in [1.82, 2.24) is 0 Å². The van der Waals surface area contributed by atoms with Crippen molar-refractivity contribution in [2.75, 3.05) is 17.7 Å². The number of methoxy groups -OCH3 is 1. The van der Waals surface area contributed by atoms with Crippen molar-refractivity contribution in [1.29, 1.82) is 0 Å². The molecule has 0 aliphatic rings. The van der Waals surface area contributed by atoms with E-state index in [1.165, 1.54) is 6.92 Å². The highest BCUT2D eigenvalue weighted by Crippen LogP contribution is 2.24. The second kappa shape index (κ2) is 7.45. The van der Waals surface area contributed by atoms with Crippen LogP contribution in [0.15, 0.2) is 48.5 Å². The van der Waals surface area contributed by atoms with E-state index in [4.69, 9.17) is 4.74 Å². The summed E-state index contributed by atoms with van der Waals surface area (Å²) in [6, 6.07) is 13.8. The average Bonchev–Trinajstić information content (AvgIpc) is 2.55. The summed E-state index contributed by atoms with van der Waals surface area (Å²) in [5, 5.41) is 5.89. The van der Waals surface area contributed by atoms with E-state index < -0.39 is 6.04 Å². The topological polar surface area (TPSA) is 67.4 Å². The molecule has 2 aromatic carbocycles. The van der Waals surface area contributed by atoms with Gasteiger partial charge in [0.2, 0.25) is 5.91 Å². The molecule has 0 heterocycles. The molecule has 0 aliphatic carbocycles. The van der Waals surface area contributed by atoms with Crippen LogP contribution in [-0.4, -0.2) is 24.8 Å². The predicted octanol–water partition coefficient (Wildman–Crippen LogP) is 3.34. The summed E-state index contributed by atoms with van der Waals surface area (Å²) in [6.07, 6.45) is 0. The number of amides is 1. The zero-order valence-electron chi connectivity index (χ0n) is 13.4. The number of para-hydroxylation sites is 3. The minimum Gasteiger partial charge on any atom is -0.495 e. The van der Waals surface area contributed by atoms with Crippen LogP contribution in [-0.2, 0) is 4.79 Å². The van der Waals surface area contributed by atoms with Crippen LogP contribution < -0.4 is 15.4 Å². The van der Waals surface area contributed by atoms with E-state index in [9.17, 15) is 9.59 Å². The number of hydrogen-bond donors (Lipinski definition) is 2. The smallest absolute Gasteiger partial charge is 0.246 e. The molecule has 0 aromatic heterocycles. The first-order chi connectivity index (χ1) is 11.0. The normalized spacial score (nSPS) is 11.4. The molecule has 1 atom stereocenters. The number of ketones is 1. The molecule has 2 N–H and O–H groups in total. The Morgan fingerprint density at radius 3 is 2.26 bits per heavy atom. The van der Waals surface area contributed by atoms with Crippen molar-refractivity contribution in [2.24, 2.45) is 0 Å². The number of ether oxygens (including phenoxy) is 1. The van der Waals surface area contributed by atoms with E-state index in [2.05, 4.69) is 10.6 Å². The molecule has 120 valence electrons. The zero-order chi connectivity index (χ0) is 16.8. The second-order valence-electron chi connectivity index (χ2n) is 5.16. The van der Waals surface area contributed by atoms with Gasteiger partial charge in [-0.3, -0.25) is 9.59 Å². The van der Waals surface area contributed by atoms with Gasteiger partial charge < -0.3 is 15.4 Å². The third kappa shape index (κ3) is 4.10. The molecule has 0 spiro atoms. The summed E-state index contributed by atoms with van der Waals surface area (Å²) in [7, 11) is 1.58. The van der Waals surface area contributed by atoms with Gasteiger partial charge in [-0.15, -0.1) is 0 Å². The number of nitrogens with one attached hydrogen (secondary N) is 2. The summed E-state index contributed by atoms with van der Waals surface area (Å²) < 4.78 is 5.26. The summed E-state index contributed by atoms with van der Waals surface area (Å²) in [4.78, 5) is 24.0. The van der Waals surface area contributed by atoms with E-state index in [-0.39, 0.29) is 11.7 Å². The predicted molar refractivity (Wildman–Crippen MR) is 91.2 cm³/mol. The van der Waals surface area contributed by atoms with Gasteiger partial charge in [0.05, 0.1) is 18.5 Å². The number of Topliss-reactive ketones (excluding diaryl/α,β-unsaturated/α-hetero) is 1. The van der Waals surface area contributed by atoms with Crippen LogP contribution in [0.3, 0.4) is 0 Å². The van der Waals surface area contributed by atoms with Crippen LogP contribution >= 0.6 is 0 Å². The van der Waals surface area contributed by atoms with Crippen LogP contribution in [0.2, 0.25) is 0 Å². The van der Waals surface area contributed by atoms with E-state index in [0.717, 1.165) is 5.69 Å². The molecule has 23 heavy (non-hydrogen) atoms. The highest BCUT2D eigenvalue weighted by Gasteiger charge is 2.16. The van der Waals surface area contributed by atoms with Gasteiger partial charge in [0, 0.05) is 5.56 Å². The molecule has 0 radical (unpaired) electrons. The van der Waals surface area contributed by atoms with Crippen molar-refractivity contribution >= 4 is 23.1 Å². The number of anilines is 2. The van der Waals surface area contributed by atoms with Gasteiger partial charge in [-0.25, -0.2) is 0 Å². The van der Waals surface area contributed by atoms with E-state index in [0.29, 0.717) is 17.0 Å². The summed E-state index contributed by atoms with van der Waals surface area (Å²) in [5.74, 6) is 0.340. The van der Waals surface area contributed by atoms with Crippen LogP contribution in [0.1, 0.15) is 24.2 Å². The lowest BCUT2D eigenvalue weighted by atomic mass is 10.1. The van der Waals surface area contributed by atoms with Crippen LogP contribution in [0.25, 0.3) is 0 Å². The standard InChI is InChI=1S/C18H20N2O3/c1-12(19-16-10-6-7-11-17(16)23-3)18(22)20-15-9-5-4-8-14(15)13(2)21/h4-12,19H,1-3H3,(H,20,22)/t12-/m1/s1. The maximum absolute atomic E-state index is 12.4. The van der Waals surface area contributed by atoms with Gasteiger partial charge >= 0.3 is 0 Å². The number of hydrogen-bond acceptors (Lipinski definition) is 4. The Morgan fingerprint density at radius 1 is 1.00 bits per heavy atom. The fourth-order valence-electron chi connectivity index (χ4n) is 2.20. The molecule has 2 aromatic rings. The number of carbonyl (C=O) groups excluding carboxylic acids is 2. The first-order valence-corrected chi connectivity index (χ1v) is 7.33. The molecule has 0 fully saturated rings. The highest BCUT2D eigenvalue weighted by molar-refractivity contribution is 6.05. The molecule has 5 nitrogen and oxygen atoms in total. The lowest BCUT2D eigenvalue weighted by Gasteiger charge is -2.18. The van der Waals surface area contributed by atoms with Gasteiger partial charge in [-0.05, 0) is 38.1 Å². The van der Waals surface area contributed by atoms with Gasteiger partial charge in [0.15, 0.2) is 5.78 Å². The molecule has 0 bridgehead atoms. The molecule has 5 heteroatoms. The maximum atomic E-state index is 12.4. The summed E-state index contributed by atoms with van der Waals surface area (Å²) >= 11 is 0. The lowest BCUT2D eigenvalue weighted by molar-refractivity contribution is -0.116. The SMILES string of the molecule is COc1ccccc1N[C@H](C)C(=O)Nc1ccccc1C(C)=O. The largest absolute Gasteiger partial charge is 0.495 e. The number of benzene rings is 2. The fraction of sp³-hybridized carbons (Fsp3) is 0.222. The Hall–Kier alpha value is -2.82. The Balaban J connectivity index is 2.10. The molecular formula is C18H20N2O3. The van der Waals surface area contributed by atoms with E-state index in [1.54, 1.807) is 38.3 Å². The van der Waals surface area contributed by atoms with Crippen molar-refractivity contribution in [3.05, 3.63) is 54.1 Å². The second-order valence-corrected chi connectivity index (χ2v) is 5.16. The minimum absolute atomic E-state index is 0.0914. The summed E-state index contributed by atoms with van der Waals surface area (Å²) in [5.41, 5.74) is 1.74. The molecule has 0 unspecified atom stereocenters. The van der Waals surface area contributed by atoms with Crippen LogP contribution in [0.4, 0.5) is 11.4 Å². The third-order valence-electron chi connectivity index (χ3n) is 3.44. The minimum atomic E-state index is -0.494. The number of carbonyl (C=O) groups is 2. The first-order valence-electron chi connectivity index (χ1n) is 7.33. The molecule has 0 saturated heterocycles. The zero-order valence-corrected chi connectivity index (χ0v) is 13.4. The highest BCUT2D eigenvalue weighted by atomic mass is 16.5. The van der Waals surface area contributed by atoms with Crippen LogP contribution in [0, 0.1) is 0 Å². The van der Waals surface area contributed by atoms with E-state index >= 15 is 0 Å². The van der Waals surface area contributed by atoms with Gasteiger partial charge in [-0.1, -0.05) is 24.3 Å². The monoisotopic (exact) mass is 312 g/mol. The van der Waals surface area contributed by atoms with Gasteiger partial charge in [-0.2, -0.15) is 0 Å². The average molecular weight is 312 g/mol. The Bertz CT molecular complexity index is 713. The quantitative estimate of drug-likeness (QED) is 0.803. The molecular weight excluding hydrogens is 292 g/mol. The van der Waals surface area contributed by atoms with Crippen molar-refractivity contribution in [3.63, 3.8) is 0 Å². The van der Waals surface area contributed by atoms with Gasteiger partial charge in [0.25, 0.3) is 0 Å². The Morgan fingerprint density at radius 2 is 1.61 bits per heavy atom. The molecule has 2 rings (SSSR count). The Labute approximate surface area is 135 Å². The molecule has 1 amide bonds. The van der Waals surface area contributed by atoms with E-state index in [1.807, 2.05) is 24.3 Å². The first kappa shape index (κ1) is 16.5. The Kier molecular flexibility index (Phi) is 5.36. The summed E-state index contributed by atoms with van der Waals surface area (Å²) in [6.45, 7) is 3.22. The molecule has 0 aliphatic heterocycles. The molecule has 0 saturated carbocycles. The number of rotatable bonds is 6. The lowest BCUT2D eigenvalue weighted by Crippen LogP contribution is -2.32. The van der Waals surface area contributed by atoms with Crippen molar-refractivity contribution in [2.45, 2.75) is 19.9 Å².